The lowest BCUT2D eigenvalue weighted by atomic mass is 9.90. The number of phenolic OH excluding ortho intramolecular Hbond substituents is 1. The van der Waals surface area contributed by atoms with Crippen LogP contribution in [0.25, 0.3) is 0 Å². The molecule has 2 amide bonds. The monoisotopic (exact) mass is 465 g/mol. The molecule has 0 radical (unpaired) electrons. The number of fused-ring (bicyclic) bond motifs is 1. The highest BCUT2D eigenvalue weighted by Gasteiger charge is 2.60. The van der Waals surface area contributed by atoms with Crippen LogP contribution in [0.5, 0.6) is 5.75 Å². The highest BCUT2D eigenvalue weighted by Crippen LogP contribution is 2.49. The molecule has 0 spiro atoms. The molecule has 2 aliphatic rings. The van der Waals surface area contributed by atoms with Gasteiger partial charge in [-0.25, -0.2) is 9.96 Å². The Hall–Kier alpha value is -3.95. The maximum atomic E-state index is 13.5. The number of non-ortho nitro benzene ring substituents is 1. The fourth-order valence-electron chi connectivity index (χ4n) is 4.27. The van der Waals surface area contributed by atoms with Crippen molar-refractivity contribution >= 4 is 40.5 Å². The fourth-order valence-corrected chi connectivity index (χ4v) is 4.40. The molecule has 0 aliphatic carbocycles. The Morgan fingerprint density at radius 2 is 1.64 bits per heavy atom. The van der Waals surface area contributed by atoms with Gasteiger partial charge in [0.15, 0.2) is 6.10 Å². The van der Waals surface area contributed by atoms with E-state index in [9.17, 15) is 24.8 Å². The summed E-state index contributed by atoms with van der Waals surface area (Å²) in [7, 11) is 0. The molecular weight excluding hydrogens is 450 g/mol. The summed E-state index contributed by atoms with van der Waals surface area (Å²) in [5.74, 6) is -2.41. The number of nitro benzene ring substituents is 1. The molecule has 3 aromatic rings. The van der Waals surface area contributed by atoms with Crippen LogP contribution in [0, 0.1) is 16.0 Å². The van der Waals surface area contributed by atoms with E-state index >= 15 is 0 Å². The van der Waals surface area contributed by atoms with Crippen molar-refractivity contribution in [3.8, 4) is 5.75 Å². The van der Waals surface area contributed by atoms with Gasteiger partial charge in [-0.2, -0.15) is 0 Å². The Morgan fingerprint density at radius 1 is 0.939 bits per heavy atom. The second-order valence-corrected chi connectivity index (χ2v) is 8.08. The number of hydroxylamine groups is 1. The predicted octanol–water partition coefficient (Wildman–Crippen LogP) is 4.00. The van der Waals surface area contributed by atoms with Crippen LogP contribution < -0.4 is 9.96 Å². The SMILES string of the molecule is O=C1[C@H]2[C@H](ON(c3ccccc3)[C@H]2c2ccc([N+](=O)[O-])cc2O)C(=O)N1c1ccc(Cl)cc1. The van der Waals surface area contributed by atoms with E-state index in [1.807, 2.05) is 0 Å². The topological polar surface area (TPSA) is 113 Å². The summed E-state index contributed by atoms with van der Waals surface area (Å²) in [6.45, 7) is 0. The molecule has 5 rings (SSSR count). The van der Waals surface area contributed by atoms with Crippen molar-refractivity contribution in [2.75, 3.05) is 9.96 Å². The highest BCUT2D eigenvalue weighted by molar-refractivity contribution is 6.31. The van der Waals surface area contributed by atoms with Crippen LogP contribution in [-0.2, 0) is 14.4 Å². The zero-order valence-electron chi connectivity index (χ0n) is 16.9. The number of hydrogen-bond acceptors (Lipinski definition) is 7. The number of carbonyl (C=O) groups excluding carboxylic acids is 2. The average molecular weight is 466 g/mol. The van der Waals surface area contributed by atoms with Crippen molar-refractivity contribution in [2.24, 2.45) is 5.92 Å². The Balaban J connectivity index is 1.61. The van der Waals surface area contributed by atoms with Gasteiger partial charge in [0.1, 0.15) is 11.7 Å². The van der Waals surface area contributed by atoms with E-state index in [0.29, 0.717) is 16.4 Å². The summed E-state index contributed by atoms with van der Waals surface area (Å²) in [4.78, 5) is 44.3. The Morgan fingerprint density at radius 3 is 2.27 bits per heavy atom. The smallest absolute Gasteiger partial charge is 0.273 e. The van der Waals surface area contributed by atoms with Crippen molar-refractivity contribution in [3.63, 3.8) is 0 Å². The third-order valence-corrected chi connectivity index (χ3v) is 6.01. The number of halogens is 1. The van der Waals surface area contributed by atoms with Crippen LogP contribution in [-0.4, -0.2) is 27.9 Å². The number of imide groups is 1. The molecule has 2 saturated heterocycles. The standard InChI is InChI=1S/C23H16ClN3O6/c24-13-6-8-14(9-7-13)25-22(29)19-20(17-11-10-16(27(31)32)12-18(17)28)26(33-21(19)23(25)30)15-4-2-1-3-5-15/h1-12,19-21,28H/t19-,20+,21+/m1/s1. The molecule has 10 heteroatoms. The molecule has 0 aromatic heterocycles. The molecule has 9 nitrogen and oxygen atoms in total. The van der Waals surface area contributed by atoms with Gasteiger partial charge < -0.3 is 5.11 Å². The molecule has 2 fully saturated rings. The van der Waals surface area contributed by atoms with Crippen LogP contribution in [0.3, 0.4) is 0 Å². The number of phenols is 1. The first-order valence-corrected chi connectivity index (χ1v) is 10.4. The predicted molar refractivity (Wildman–Crippen MR) is 119 cm³/mol. The first kappa shape index (κ1) is 20.9. The minimum atomic E-state index is -1.13. The van der Waals surface area contributed by atoms with E-state index in [2.05, 4.69) is 0 Å². The molecule has 3 aromatic carbocycles. The van der Waals surface area contributed by atoms with E-state index in [0.717, 1.165) is 11.0 Å². The minimum Gasteiger partial charge on any atom is -0.507 e. The minimum absolute atomic E-state index is 0.232. The van der Waals surface area contributed by atoms with E-state index < -0.39 is 34.8 Å². The van der Waals surface area contributed by atoms with Crippen molar-refractivity contribution in [3.05, 3.63) is 93.5 Å². The zero-order valence-corrected chi connectivity index (χ0v) is 17.6. The number of carbonyl (C=O) groups is 2. The summed E-state index contributed by atoms with van der Waals surface area (Å²) in [6.07, 6.45) is -1.13. The number of nitro groups is 1. The zero-order chi connectivity index (χ0) is 23.3. The van der Waals surface area contributed by atoms with Gasteiger partial charge in [0.2, 0.25) is 5.91 Å². The normalized spacial score (nSPS) is 22.0. The molecular formula is C23H16ClN3O6. The summed E-state index contributed by atoms with van der Waals surface area (Å²) < 4.78 is 0. The van der Waals surface area contributed by atoms with Crippen molar-refractivity contribution in [1.29, 1.82) is 0 Å². The maximum Gasteiger partial charge on any atom is 0.273 e. The molecule has 0 bridgehead atoms. The maximum absolute atomic E-state index is 13.5. The lowest BCUT2D eigenvalue weighted by Crippen LogP contribution is -2.37. The van der Waals surface area contributed by atoms with E-state index in [-0.39, 0.29) is 17.0 Å². The number of rotatable bonds is 4. The van der Waals surface area contributed by atoms with Gasteiger partial charge in [-0.05, 0) is 42.5 Å². The van der Waals surface area contributed by atoms with Gasteiger partial charge in [0.05, 0.1) is 28.4 Å². The molecule has 3 atom stereocenters. The Kier molecular flexibility index (Phi) is 4.99. The average Bonchev–Trinajstić information content (AvgIpc) is 3.31. The number of hydrogen-bond donors (Lipinski definition) is 1. The quantitative estimate of drug-likeness (QED) is 0.352. The lowest BCUT2D eigenvalue weighted by molar-refractivity contribution is -0.385. The van der Waals surface area contributed by atoms with Gasteiger partial charge in [-0.3, -0.25) is 24.5 Å². The van der Waals surface area contributed by atoms with E-state index in [4.69, 9.17) is 16.4 Å². The number of benzene rings is 3. The lowest BCUT2D eigenvalue weighted by Gasteiger charge is -2.29. The largest absolute Gasteiger partial charge is 0.507 e. The Bertz CT molecular complexity index is 1270. The van der Waals surface area contributed by atoms with Crippen LogP contribution in [0.2, 0.25) is 5.02 Å². The van der Waals surface area contributed by atoms with E-state index in [1.165, 1.54) is 17.2 Å². The number of aromatic hydroxyl groups is 1. The number of para-hydroxylation sites is 1. The highest BCUT2D eigenvalue weighted by atomic mass is 35.5. The van der Waals surface area contributed by atoms with Crippen LogP contribution in [0.4, 0.5) is 17.1 Å². The summed E-state index contributed by atoms with van der Waals surface area (Å²) in [5, 5.41) is 23.6. The van der Waals surface area contributed by atoms with Crippen molar-refractivity contribution in [2.45, 2.75) is 12.1 Å². The second-order valence-electron chi connectivity index (χ2n) is 7.65. The summed E-state index contributed by atoms with van der Waals surface area (Å²) in [5.41, 5.74) is 0.851. The first-order chi connectivity index (χ1) is 15.9. The van der Waals surface area contributed by atoms with Gasteiger partial charge >= 0.3 is 0 Å². The fraction of sp³-hybridized carbons (Fsp3) is 0.130. The molecule has 0 saturated carbocycles. The van der Waals surface area contributed by atoms with Crippen LogP contribution >= 0.6 is 11.6 Å². The van der Waals surface area contributed by atoms with Crippen LogP contribution in [0.1, 0.15) is 11.6 Å². The van der Waals surface area contributed by atoms with Gasteiger partial charge in [-0.1, -0.05) is 29.8 Å². The number of anilines is 2. The summed E-state index contributed by atoms with van der Waals surface area (Å²) in [6, 6.07) is 17.8. The Labute approximate surface area is 192 Å². The number of amides is 2. The molecule has 1 N–H and O–H groups in total. The first-order valence-electron chi connectivity index (χ1n) is 9.98. The van der Waals surface area contributed by atoms with Gasteiger partial charge in [0, 0.05) is 16.7 Å². The molecule has 2 aliphatic heterocycles. The third kappa shape index (κ3) is 3.38. The van der Waals surface area contributed by atoms with E-state index in [1.54, 1.807) is 54.6 Å². The molecule has 33 heavy (non-hydrogen) atoms. The second kappa shape index (κ2) is 7.88. The summed E-state index contributed by atoms with van der Waals surface area (Å²) >= 11 is 5.93. The van der Waals surface area contributed by atoms with Gasteiger partial charge in [-0.15, -0.1) is 0 Å². The molecule has 0 unspecified atom stereocenters. The van der Waals surface area contributed by atoms with Crippen LogP contribution in [0.15, 0.2) is 72.8 Å². The molecule has 166 valence electrons. The number of nitrogens with zero attached hydrogens (tertiary/aromatic N) is 3. The van der Waals surface area contributed by atoms with Crippen molar-refractivity contribution < 1.29 is 24.5 Å². The van der Waals surface area contributed by atoms with Gasteiger partial charge in [0.25, 0.3) is 11.6 Å². The third-order valence-electron chi connectivity index (χ3n) is 5.75. The van der Waals surface area contributed by atoms with Crippen molar-refractivity contribution in [1.82, 2.24) is 0 Å². The molecule has 2 heterocycles.